The minimum absolute atomic E-state index is 0.480. The van der Waals surface area contributed by atoms with Gasteiger partial charge in [0.2, 0.25) is 0 Å². The SMILES string of the molecule is Cc1cc(C)cc(NC(N)=NCCCc2ccccc2)c1. The second kappa shape index (κ2) is 7.48. The molecule has 0 atom stereocenters. The van der Waals surface area contributed by atoms with Gasteiger partial charge in [-0.25, -0.2) is 0 Å². The Labute approximate surface area is 126 Å². The lowest BCUT2D eigenvalue weighted by atomic mass is 10.1. The maximum Gasteiger partial charge on any atom is 0.193 e. The Morgan fingerprint density at radius 2 is 1.71 bits per heavy atom. The average molecular weight is 281 g/mol. The summed E-state index contributed by atoms with van der Waals surface area (Å²) >= 11 is 0. The number of nitrogens with two attached hydrogens (primary N) is 1. The summed E-state index contributed by atoms with van der Waals surface area (Å²) in [6.07, 6.45) is 2.03. The number of benzene rings is 2. The van der Waals surface area contributed by atoms with Crippen molar-refractivity contribution in [1.29, 1.82) is 0 Å². The van der Waals surface area contributed by atoms with Crippen LogP contribution in [0, 0.1) is 13.8 Å². The Hall–Kier alpha value is -2.29. The van der Waals surface area contributed by atoms with Crippen molar-refractivity contribution in [2.24, 2.45) is 10.7 Å². The van der Waals surface area contributed by atoms with E-state index >= 15 is 0 Å². The van der Waals surface area contributed by atoms with Crippen LogP contribution in [-0.2, 0) is 6.42 Å². The third-order valence-corrected chi connectivity index (χ3v) is 3.24. The average Bonchev–Trinajstić information content (AvgIpc) is 2.43. The molecule has 3 nitrogen and oxygen atoms in total. The minimum Gasteiger partial charge on any atom is -0.370 e. The summed E-state index contributed by atoms with van der Waals surface area (Å²) in [7, 11) is 0. The first-order chi connectivity index (χ1) is 10.1. The molecule has 3 N–H and O–H groups in total. The van der Waals surface area contributed by atoms with E-state index in [1.54, 1.807) is 0 Å². The fourth-order valence-electron chi connectivity index (χ4n) is 2.36. The van der Waals surface area contributed by atoms with Crippen molar-refractivity contribution in [2.75, 3.05) is 11.9 Å². The number of hydrogen-bond donors (Lipinski definition) is 2. The summed E-state index contributed by atoms with van der Waals surface area (Å²) in [4.78, 5) is 4.38. The zero-order valence-corrected chi connectivity index (χ0v) is 12.8. The number of aryl methyl sites for hydroxylation is 3. The molecule has 0 saturated carbocycles. The van der Waals surface area contributed by atoms with Gasteiger partial charge in [-0.3, -0.25) is 4.99 Å². The molecule has 2 rings (SSSR count). The Balaban J connectivity index is 1.81. The molecule has 21 heavy (non-hydrogen) atoms. The van der Waals surface area contributed by atoms with E-state index in [2.05, 4.69) is 66.6 Å². The van der Waals surface area contributed by atoms with Crippen LogP contribution in [0.4, 0.5) is 5.69 Å². The van der Waals surface area contributed by atoms with Gasteiger partial charge in [0, 0.05) is 12.2 Å². The minimum atomic E-state index is 0.480. The Morgan fingerprint density at radius 1 is 1.05 bits per heavy atom. The highest BCUT2D eigenvalue weighted by molar-refractivity contribution is 5.92. The van der Waals surface area contributed by atoms with E-state index in [0.717, 1.165) is 25.1 Å². The van der Waals surface area contributed by atoms with Crippen LogP contribution >= 0.6 is 0 Å². The number of rotatable bonds is 5. The molecule has 2 aromatic rings. The lowest BCUT2D eigenvalue weighted by Gasteiger charge is -2.08. The molecule has 0 spiro atoms. The Bertz CT molecular complexity index is 583. The van der Waals surface area contributed by atoms with Gasteiger partial charge in [-0.2, -0.15) is 0 Å². The van der Waals surface area contributed by atoms with Gasteiger partial charge in [-0.1, -0.05) is 36.4 Å². The lowest BCUT2D eigenvalue weighted by Crippen LogP contribution is -2.23. The summed E-state index contributed by atoms with van der Waals surface area (Å²) in [5.41, 5.74) is 10.7. The van der Waals surface area contributed by atoms with E-state index in [9.17, 15) is 0 Å². The van der Waals surface area contributed by atoms with Crippen LogP contribution in [0.5, 0.6) is 0 Å². The maximum absolute atomic E-state index is 5.92. The van der Waals surface area contributed by atoms with E-state index in [1.165, 1.54) is 16.7 Å². The van der Waals surface area contributed by atoms with E-state index in [0.29, 0.717) is 5.96 Å². The molecule has 0 aliphatic heterocycles. The number of nitrogens with zero attached hydrogens (tertiary/aromatic N) is 1. The van der Waals surface area contributed by atoms with Crippen molar-refractivity contribution < 1.29 is 0 Å². The van der Waals surface area contributed by atoms with Crippen LogP contribution in [0.2, 0.25) is 0 Å². The van der Waals surface area contributed by atoms with Crippen LogP contribution in [0.15, 0.2) is 53.5 Å². The molecule has 110 valence electrons. The predicted octanol–water partition coefficient (Wildman–Crippen LogP) is 3.66. The van der Waals surface area contributed by atoms with Crippen molar-refractivity contribution in [3.05, 3.63) is 65.2 Å². The molecule has 0 bridgehead atoms. The predicted molar refractivity (Wildman–Crippen MR) is 90.8 cm³/mol. The highest BCUT2D eigenvalue weighted by Crippen LogP contribution is 2.13. The molecule has 0 saturated heterocycles. The molecular formula is C18H23N3. The van der Waals surface area contributed by atoms with Gasteiger partial charge in [0.25, 0.3) is 0 Å². The summed E-state index contributed by atoms with van der Waals surface area (Å²) in [5.74, 6) is 0.480. The third kappa shape index (κ3) is 5.30. The van der Waals surface area contributed by atoms with Crippen LogP contribution in [0.3, 0.4) is 0 Å². The lowest BCUT2D eigenvalue weighted by molar-refractivity contribution is 0.832. The van der Waals surface area contributed by atoms with Crippen LogP contribution in [0.25, 0.3) is 0 Å². The highest BCUT2D eigenvalue weighted by atomic mass is 15.1. The summed E-state index contributed by atoms with van der Waals surface area (Å²) in [5, 5.41) is 3.15. The largest absolute Gasteiger partial charge is 0.370 e. The molecule has 0 aliphatic rings. The van der Waals surface area contributed by atoms with Gasteiger partial charge in [0.1, 0.15) is 0 Å². The fourth-order valence-corrected chi connectivity index (χ4v) is 2.36. The van der Waals surface area contributed by atoms with Crippen LogP contribution < -0.4 is 11.1 Å². The van der Waals surface area contributed by atoms with Crippen molar-refractivity contribution in [2.45, 2.75) is 26.7 Å². The van der Waals surface area contributed by atoms with Gasteiger partial charge in [0.05, 0.1) is 0 Å². The summed E-state index contributed by atoms with van der Waals surface area (Å²) in [6.45, 7) is 4.88. The van der Waals surface area contributed by atoms with Crippen LogP contribution in [-0.4, -0.2) is 12.5 Å². The highest BCUT2D eigenvalue weighted by Gasteiger charge is 1.98. The number of anilines is 1. The number of guanidine groups is 1. The standard InChI is InChI=1S/C18H23N3/c1-14-11-15(2)13-17(12-14)21-18(19)20-10-6-9-16-7-4-3-5-8-16/h3-5,7-8,11-13H,6,9-10H2,1-2H3,(H3,19,20,21). The van der Waals surface area contributed by atoms with Gasteiger partial charge in [-0.05, 0) is 55.5 Å². The molecule has 2 aromatic carbocycles. The van der Waals surface area contributed by atoms with Crippen molar-refractivity contribution in [1.82, 2.24) is 0 Å². The molecule has 0 aliphatic carbocycles. The summed E-state index contributed by atoms with van der Waals surface area (Å²) < 4.78 is 0. The second-order valence-electron chi connectivity index (χ2n) is 5.36. The van der Waals surface area contributed by atoms with E-state index in [4.69, 9.17) is 5.73 Å². The first kappa shape index (κ1) is 15.1. The van der Waals surface area contributed by atoms with E-state index in [-0.39, 0.29) is 0 Å². The molecular weight excluding hydrogens is 258 g/mol. The maximum atomic E-state index is 5.92. The molecule has 0 fully saturated rings. The van der Waals surface area contributed by atoms with Gasteiger partial charge in [0.15, 0.2) is 5.96 Å². The monoisotopic (exact) mass is 281 g/mol. The van der Waals surface area contributed by atoms with Crippen molar-refractivity contribution in [3.63, 3.8) is 0 Å². The Kier molecular flexibility index (Phi) is 5.38. The summed E-state index contributed by atoms with van der Waals surface area (Å²) in [6, 6.07) is 16.7. The number of aliphatic imine (C=N–C) groups is 1. The number of nitrogens with one attached hydrogen (secondary N) is 1. The smallest absolute Gasteiger partial charge is 0.193 e. The molecule has 0 radical (unpaired) electrons. The normalized spacial score (nSPS) is 11.4. The van der Waals surface area contributed by atoms with E-state index < -0.39 is 0 Å². The van der Waals surface area contributed by atoms with E-state index in [1.807, 2.05) is 6.07 Å². The molecule has 0 amide bonds. The molecule has 0 heterocycles. The first-order valence-corrected chi connectivity index (χ1v) is 7.32. The number of hydrogen-bond acceptors (Lipinski definition) is 1. The zero-order chi connectivity index (χ0) is 15.1. The van der Waals surface area contributed by atoms with Gasteiger partial charge < -0.3 is 11.1 Å². The first-order valence-electron chi connectivity index (χ1n) is 7.32. The Morgan fingerprint density at radius 3 is 2.38 bits per heavy atom. The zero-order valence-electron chi connectivity index (χ0n) is 12.8. The molecule has 0 aromatic heterocycles. The quantitative estimate of drug-likeness (QED) is 0.499. The second-order valence-corrected chi connectivity index (χ2v) is 5.36. The van der Waals surface area contributed by atoms with Gasteiger partial charge in [-0.15, -0.1) is 0 Å². The van der Waals surface area contributed by atoms with Crippen molar-refractivity contribution in [3.8, 4) is 0 Å². The molecule has 3 heteroatoms. The van der Waals surface area contributed by atoms with Crippen LogP contribution in [0.1, 0.15) is 23.1 Å². The van der Waals surface area contributed by atoms with Crippen molar-refractivity contribution >= 4 is 11.6 Å². The fraction of sp³-hybridized carbons (Fsp3) is 0.278. The molecule has 0 unspecified atom stereocenters. The third-order valence-electron chi connectivity index (χ3n) is 3.24. The topological polar surface area (TPSA) is 50.4 Å². The van der Waals surface area contributed by atoms with Gasteiger partial charge >= 0.3 is 0 Å².